The quantitative estimate of drug-likeness (QED) is 0.461. The van der Waals surface area contributed by atoms with E-state index in [9.17, 15) is 4.39 Å². The Hall–Kier alpha value is -1.21. The molecule has 0 bridgehead atoms. The van der Waals surface area contributed by atoms with Crippen molar-refractivity contribution in [1.82, 2.24) is 9.55 Å². The van der Waals surface area contributed by atoms with Crippen LogP contribution in [0, 0.1) is 14.2 Å². The predicted octanol–water partition coefficient (Wildman–Crippen LogP) is 5.25. The first kappa shape index (κ1) is 14.7. The summed E-state index contributed by atoms with van der Waals surface area (Å²) in [7, 11) is 0. The topological polar surface area (TPSA) is 20.7 Å². The van der Waals surface area contributed by atoms with Gasteiger partial charge in [-0.05, 0) is 52.4 Å². The number of H-pyrrole nitrogens is 1. The molecule has 1 heterocycles. The molecule has 3 aromatic rings. The van der Waals surface area contributed by atoms with Gasteiger partial charge in [0.1, 0.15) is 5.82 Å². The zero-order chi connectivity index (χ0) is 15.0. The minimum atomic E-state index is -0.210. The molecule has 5 heteroatoms. The highest BCUT2D eigenvalue weighted by molar-refractivity contribution is 14.1. The zero-order valence-corrected chi connectivity index (χ0v) is 14.4. The van der Waals surface area contributed by atoms with Gasteiger partial charge in [0.2, 0.25) is 0 Å². The number of hydrogen-bond acceptors (Lipinski definition) is 1. The Labute approximate surface area is 141 Å². The van der Waals surface area contributed by atoms with Crippen LogP contribution in [0.1, 0.15) is 18.4 Å². The number of nitrogens with zero attached hydrogens (tertiary/aromatic N) is 1. The molecule has 108 valence electrons. The van der Waals surface area contributed by atoms with Crippen molar-refractivity contribution in [3.05, 3.63) is 62.2 Å². The number of fused-ring (bicyclic) bond motifs is 1. The maximum atomic E-state index is 13.8. The van der Waals surface area contributed by atoms with Crippen molar-refractivity contribution in [2.75, 3.05) is 0 Å². The van der Waals surface area contributed by atoms with Gasteiger partial charge in [0.05, 0.1) is 14.6 Å². The van der Waals surface area contributed by atoms with Crippen molar-refractivity contribution in [3.8, 4) is 0 Å². The van der Waals surface area contributed by atoms with Crippen LogP contribution in [0.15, 0.2) is 42.5 Å². The average Bonchev–Trinajstić information content (AvgIpc) is 2.76. The molecule has 0 aliphatic rings. The van der Waals surface area contributed by atoms with E-state index in [1.54, 1.807) is 12.1 Å². The summed E-state index contributed by atoms with van der Waals surface area (Å²) in [5.41, 5.74) is 2.95. The van der Waals surface area contributed by atoms with E-state index in [-0.39, 0.29) is 5.82 Å². The number of nitrogens with one attached hydrogen (secondary N) is 1. The van der Waals surface area contributed by atoms with Crippen molar-refractivity contribution < 1.29 is 4.39 Å². The molecule has 0 aliphatic heterocycles. The highest BCUT2D eigenvalue weighted by Gasteiger charge is 2.12. The molecule has 0 saturated carbocycles. The highest BCUT2D eigenvalue weighted by Crippen LogP contribution is 2.24. The number of halogens is 2. The first-order valence-electron chi connectivity index (χ1n) is 6.69. The smallest absolute Gasteiger partial charge is 0.178 e. The van der Waals surface area contributed by atoms with Gasteiger partial charge in [-0.3, -0.25) is 0 Å². The molecule has 0 saturated heterocycles. The summed E-state index contributed by atoms with van der Waals surface area (Å²) in [5, 5.41) is 0. The summed E-state index contributed by atoms with van der Waals surface area (Å²) in [6, 6.07) is 13.6. The van der Waals surface area contributed by atoms with E-state index in [2.05, 4.69) is 24.0 Å². The molecule has 0 radical (unpaired) electrons. The van der Waals surface area contributed by atoms with Crippen LogP contribution < -0.4 is 0 Å². The van der Waals surface area contributed by atoms with Crippen LogP contribution in [0.5, 0.6) is 0 Å². The Bertz CT molecular complexity index is 839. The van der Waals surface area contributed by atoms with Crippen molar-refractivity contribution in [2.24, 2.45) is 0 Å². The van der Waals surface area contributed by atoms with Crippen molar-refractivity contribution in [1.29, 1.82) is 0 Å². The number of benzene rings is 2. The molecule has 1 unspecified atom stereocenters. The highest BCUT2D eigenvalue weighted by atomic mass is 127. The first-order valence-corrected chi connectivity index (χ1v) is 8.17. The zero-order valence-electron chi connectivity index (χ0n) is 11.4. The van der Waals surface area contributed by atoms with E-state index in [0.717, 1.165) is 17.6 Å². The van der Waals surface area contributed by atoms with Gasteiger partial charge in [0.15, 0.2) is 4.77 Å². The van der Waals surface area contributed by atoms with E-state index in [4.69, 9.17) is 12.2 Å². The number of rotatable bonds is 3. The minimum absolute atomic E-state index is 0.210. The minimum Gasteiger partial charge on any atom is -0.331 e. The van der Waals surface area contributed by atoms with Crippen molar-refractivity contribution in [3.63, 3.8) is 0 Å². The monoisotopic (exact) mass is 412 g/mol. The summed E-state index contributed by atoms with van der Waals surface area (Å²) in [6.07, 6.45) is 0. The maximum Gasteiger partial charge on any atom is 0.178 e. The standard InChI is InChI=1S/C16H14FIN2S/c1-10(11-5-3-2-4-6-11)9-20-15-7-12(17)13(18)8-14(15)19-16(20)21/h2-8,10H,9H2,1H3,(H,19,21). The van der Waals surface area contributed by atoms with Crippen LogP contribution in [-0.4, -0.2) is 9.55 Å². The first-order chi connectivity index (χ1) is 10.1. The molecule has 0 spiro atoms. The van der Waals surface area contributed by atoms with E-state index >= 15 is 0 Å². The lowest BCUT2D eigenvalue weighted by atomic mass is 10.0. The third-order valence-corrected chi connectivity index (χ3v) is 4.79. The van der Waals surface area contributed by atoms with Gasteiger partial charge in [-0.2, -0.15) is 0 Å². The third-order valence-electron chi connectivity index (χ3n) is 3.64. The number of imidazole rings is 1. The lowest BCUT2D eigenvalue weighted by molar-refractivity contribution is 0.598. The van der Waals surface area contributed by atoms with Gasteiger partial charge < -0.3 is 9.55 Å². The molecule has 0 amide bonds. The maximum absolute atomic E-state index is 13.8. The number of aromatic nitrogens is 2. The van der Waals surface area contributed by atoms with Crippen LogP contribution in [0.25, 0.3) is 11.0 Å². The summed E-state index contributed by atoms with van der Waals surface area (Å²) in [4.78, 5) is 3.16. The van der Waals surface area contributed by atoms with Crippen LogP contribution in [0.3, 0.4) is 0 Å². The normalized spacial score (nSPS) is 12.7. The largest absolute Gasteiger partial charge is 0.331 e. The lowest BCUT2D eigenvalue weighted by Gasteiger charge is -2.13. The van der Waals surface area contributed by atoms with Gasteiger partial charge in [-0.25, -0.2) is 4.39 Å². The van der Waals surface area contributed by atoms with E-state index < -0.39 is 0 Å². The SMILES string of the molecule is CC(Cn1c(=S)[nH]c2cc(I)c(F)cc21)c1ccccc1. The molecule has 1 N–H and O–H groups in total. The molecule has 0 aliphatic carbocycles. The van der Waals surface area contributed by atoms with E-state index in [1.165, 1.54) is 5.56 Å². The lowest BCUT2D eigenvalue weighted by Crippen LogP contribution is -2.06. The molecule has 0 fully saturated rings. The van der Waals surface area contributed by atoms with E-state index in [0.29, 0.717) is 14.3 Å². The predicted molar refractivity (Wildman–Crippen MR) is 94.7 cm³/mol. The fraction of sp³-hybridized carbons (Fsp3) is 0.188. The second-order valence-electron chi connectivity index (χ2n) is 5.14. The molecule has 1 aromatic heterocycles. The Morgan fingerprint density at radius 1 is 1.29 bits per heavy atom. The van der Waals surface area contributed by atoms with Crippen LogP contribution in [-0.2, 0) is 6.54 Å². The third kappa shape index (κ3) is 2.89. The molecule has 3 rings (SSSR count). The molecule has 2 aromatic carbocycles. The molecule has 1 atom stereocenters. The summed E-state index contributed by atoms with van der Waals surface area (Å²) < 4.78 is 17.0. The Kier molecular flexibility index (Phi) is 4.12. The van der Waals surface area contributed by atoms with Gasteiger partial charge in [-0.1, -0.05) is 37.3 Å². The van der Waals surface area contributed by atoms with Crippen molar-refractivity contribution >= 4 is 45.8 Å². The van der Waals surface area contributed by atoms with Crippen LogP contribution >= 0.6 is 34.8 Å². The fourth-order valence-electron chi connectivity index (χ4n) is 2.49. The Balaban J connectivity index is 2.03. The Morgan fingerprint density at radius 2 is 2.00 bits per heavy atom. The van der Waals surface area contributed by atoms with Gasteiger partial charge in [0.25, 0.3) is 0 Å². The van der Waals surface area contributed by atoms with Gasteiger partial charge in [0, 0.05) is 12.6 Å². The van der Waals surface area contributed by atoms with Crippen LogP contribution in [0.4, 0.5) is 4.39 Å². The van der Waals surface area contributed by atoms with Crippen LogP contribution in [0.2, 0.25) is 0 Å². The molecular formula is C16H14FIN2S. The van der Waals surface area contributed by atoms with Gasteiger partial charge in [-0.15, -0.1) is 0 Å². The fourth-order valence-corrected chi connectivity index (χ4v) is 3.24. The summed E-state index contributed by atoms with van der Waals surface area (Å²) >= 11 is 7.38. The Morgan fingerprint density at radius 3 is 2.71 bits per heavy atom. The second-order valence-corrected chi connectivity index (χ2v) is 6.68. The summed E-state index contributed by atoms with van der Waals surface area (Å²) in [5.74, 6) is 0.0949. The summed E-state index contributed by atoms with van der Waals surface area (Å²) in [6.45, 7) is 2.88. The molecular weight excluding hydrogens is 398 g/mol. The average molecular weight is 412 g/mol. The van der Waals surface area contributed by atoms with Gasteiger partial charge >= 0.3 is 0 Å². The second kappa shape index (κ2) is 5.88. The number of hydrogen-bond donors (Lipinski definition) is 1. The molecule has 21 heavy (non-hydrogen) atoms. The number of aromatic amines is 1. The van der Waals surface area contributed by atoms with E-state index in [1.807, 2.05) is 45.4 Å². The molecule has 2 nitrogen and oxygen atoms in total. The van der Waals surface area contributed by atoms with Crippen molar-refractivity contribution in [2.45, 2.75) is 19.4 Å².